The maximum absolute atomic E-state index is 13.3. The van der Waals surface area contributed by atoms with Crippen LogP contribution in [0.3, 0.4) is 0 Å². The molecule has 0 saturated carbocycles. The Morgan fingerprint density at radius 1 is 1.22 bits per heavy atom. The first-order valence-corrected chi connectivity index (χ1v) is 9.66. The minimum absolute atomic E-state index is 0. The predicted molar refractivity (Wildman–Crippen MR) is 117 cm³/mol. The number of aryl methyl sites for hydroxylation is 1. The summed E-state index contributed by atoms with van der Waals surface area (Å²) >= 11 is 0. The number of hydrogen-bond donors (Lipinski definition) is 0. The second kappa shape index (κ2) is 8.78. The molecule has 0 radical (unpaired) electrons. The van der Waals surface area contributed by atoms with E-state index in [0.29, 0.717) is 16.8 Å². The van der Waals surface area contributed by atoms with E-state index < -0.39 is 17.6 Å². The highest BCUT2D eigenvalue weighted by atomic mass is 32.1. The van der Waals surface area contributed by atoms with Gasteiger partial charge in [-0.05, 0) is 49.7 Å². The lowest BCUT2D eigenvalue weighted by Gasteiger charge is -2.32. The topological polar surface area (TPSA) is 68.1 Å². The molecule has 1 amide bonds. The van der Waals surface area contributed by atoms with E-state index in [1.165, 1.54) is 36.4 Å². The van der Waals surface area contributed by atoms with Crippen molar-refractivity contribution < 1.29 is 22.8 Å². The molecule has 1 atom stereocenters. The number of pyridine rings is 1. The summed E-state index contributed by atoms with van der Waals surface area (Å²) in [6, 6.07) is 6.74. The van der Waals surface area contributed by atoms with Gasteiger partial charge in [-0.25, -0.2) is 0 Å². The van der Waals surface area contributed by atoms with Gasteiger partial charge in [0.1, 0.15) is 5.69 Å². The van der Waals surface area contributed by atoms with Crippen molar-refractivity contribution in [2.24, 2.45) is 0 Å². The molecule has 2 aromatic heterocycles. The Morgan fingerprint density at radius 3 is 2.59 bits per heavy atom. The number of ketones is 1. The molecule has 1 aromatic carbocycles. The van der Waals surface area contributed by atoms with Crippen LogP contribution in [-0.2, 0) is 12.6 Å². The van der Waals surface area contributed by atoms with Crippen LogP contribution >= 0.6 is 13.5 Å². The molecule has 4 rings (SSSR count). The highest BCUT2D eigenvalue weighted by Gasteiger charge is 2.36. The van der Waals surface area contributed by atoms with Gasteiger partial charge in [-0.3, -0.25) is 19.3 Å². The van der Waals surface area contributed by atoms with Gasteiger partial charge in [-0.15, -0.1) is 0 Å². The summed E-state index contributed by atoms with van der Waals surface area (Å²) in [5.41, 5.74) is 0.846. The maximum Gasteiger partial charge on any atom is 0.416 e. The van der Waals surface area contributed by atoms with E-state index in [2.05, 4.69) is 10.1 Å². The summed E-state index contributed by atoms with van der Waals surface area (Å²) < 4.78 is 40.9. The van der Waals surface area contributed by atoms with Crippen LogP contribution in [-0.4, -0.2) is 33.0 Å². The van der Waals surface area contributed by atoms with Gasteiger partial charge in [-0.1, -0.05) is 0 Å². The van der Waals surface area contributed by atoms with Crippen molar-refractivity contribution in [1.82, 2.24) is 14.8 Å². The third kappa shape index (κ3) is 4.27. The maximum atomic E-state index is 13.3. The number of amides is 1. The summed E-state index contributed by atoms with van der Waals surface area (Å²) in [5, 5.41) is 4.28. The number of rotatable bonds is 4. The number of carbonyl (C=O) groups excluding carboxylic acids is 2. The standard InChI is InChI=1S/C22H19F3N4O2.H2S/c1-13-8-17(5-6-18(13)22(23,24)25)28-12-14(2)29-20(21(28)31)16(11-27-29)9-19(30)15-4-3-7-26-10-15;/h3-8,10-11,14H,9,12H2,1-2H3;1H2/t14-;/m0./s1. The van der Waals surface area contributed by atoms with Gasteiger partial charge in [0, 0.05) is 42.2 Å². The fourth-order valence-corrected chi connectivity index (χ4v) is 3.81. The molecule has 0 aliphatic carbocycles. The van der Waals surface area contributed by atoms with Crippen molar-refractivity contribution >= 4 is 30.9 Å². The second-order valence-electron chi connectivity index (χ2n) is 7.57. The lowest BCUT2D eigenvalue weighted by atomic mass is 10.0. The molecule has 0 unspecified atom stereocenters. The summed E-state index contributed by atoms with van der Waals surface area (Å²) in [4.78, 5) is 31.3. The summed E-state index contributed by atoms with van der Waals surface area (Å²) in [6.07, 6.45) is 0.0346. The highest BCUT2D eigenvalue weighted by molar-refractivity contribution is 7.59. The molecule has 0 N–H and O–H groups in total. The number of benzene rings is 1. The average molecular weight is 462 g/mol. The Hall–Kier alpha value is -3.14. The second-order valence-corrected chi connectivity index (χ2v) is 7.57. The van der Waals surface area contributed by atoms with E-state index in [1.54, 1.807) is 23.0 Å². The molecule has 168 valence electrons. The van der Waals surface area contributed by atoms with Crippen LogP contribution in [0.5, 0.6) is 0 Å². The zero-order valence-electron chi connectivity index (χ0n) is 17.3. The number of aromatic nitrogens is 3. The summed E-state index contributed by atoms with van der Waals surface area (Å²) in [7, 11) is 0. The lowest BCUT2D eigenvalue weighted by Crippen LogP contribution is -2.43. The van der Waals surface area contributed by atoms with E-state index in [4.69, 9.17) is 0 Å². The summed E-state index contributed by atoms with van der Waals surface area (Å²) in [5.74, 6) is -0.601. The van der Waals surface area contributed by atoms with Crippen LogP contribution < -0.4 is 4.90 Å². The molecular weight excluding hydrogens is 441 g/mol. The third-order valence-corrected chi connectivity index (χ3v) is 5.34. The first-order chi connectivity index (χ1) is 14.7. The van der Waals surface area contributed by atoms with Crippen molar-refractivity contribution in [2.75, 3.05) is 11.4 Å². The molecular formula is C22H21F3N4O2S. The number of fused-ring (bicyclic) bond motifs is 1. The van der Waals surface area contributed by atoms with Gasteiger partial charge >= 0.3 is 6.18 Å². The van der Waals surface area contributed by atoms with Crippen LogP contribution in [0.4, 0.5) is 18.9 Å². The molecule has 3 heterocycles. The molecule has 0 bridgehead atoms. The molecule has 1 aliphatic rings. The Balaban J connectivity index is 0.00000289. The normalized spacial score (nSPS) is 15.8. The Bertz CT molecular complexity index is 1160. The molecule has 6 nitrogen and oxygen atoms in total. The monoisotopic (exact) mass is 462 g/mol. The van der Waals surface area contributed by atoms with Gasteiger partial charge in [0.05, 0.1) is 17.8 Å². The van der Waals surface area contributed by atoms with E-state index in [9.17, 15) is 22.8 Å². The van der Waals surface area contributed by atoms with Crippen molar-refractivity contribution in [3.05, 3.63) is 76.9 Å². The Kier molecular flexibility index (Phi) is 6.45. The first-order valence-electron chi connectivity index (χ1n) is 9.66. The van der Waals surface area contributed by atoms with E-state index in [0.717, 1.165) is 6.07 Å². The van der Waals surface area contributed by atoms with Gasteiger partial charge in [0.2, 0.25) is 0 Å². The number of Topliss-reactive ketones (excluding diaryl/α,β-unsaturated/α-hetero) is 1. The van der Waals surface area contributed by atoms with Gasteiger partial charge in [0.15, 0.2) is 5.78 Å². The number of hydrogen-bond acceptors (Lipinski definition) is 4. The number of alkyl halides is 3. The number of carbonyl (C=O) groups is 2. The first kappa shape index (κ1) is 23.5. The number of anilines is 1. The molecule has 32 heavy (non-hydrogen) atoms. The van der Waals surface area contributed by atoms with Gasteiger partial charge in [0.25, 0.3) is 5.91 Å². The SMILES string of the molecule is Cc1cc(N2C[C@H](C)n3ncc(CC(=O)c4cccnc4)c3C2=O)ccc1C(F)(F)F.S. The molecule has 0 fully saturated rings. The average Bonchev–Trinajstić information content (AvgIpc) is 3.15. The van der Waals surface area contributed by atoms with Crippen LogP contribution in [0.15, 0.2) is 48.9 Å². The quantitative estimate of drug-likeness (QED) is 0.540. The largest absolute Gasteiger partial charge is 0.416 e. The molecule has 0 spiro atoms. The smallest absolute Gasteiger partial charge is 0.305 e. The number of halogens is 3. The zero-order valence-corrected chi connectivity index (χ0v) is 18.3. The Morgan fingerprint density at radius 2 is 1.97 bits per heavy atom. The van der Waals surface area contributed by atoms with Crippen molar-refractivity contribution in [3.63, 3.8) is 0 Å². The number of nitrogens with zero attached hydrogens (tertiary/aromatic N) is 4. The van der Waals surface area contributed by atoms with E-state index in [-0.39, 0.29) is 49.5 Å². The van der Waals surface area contributed by atoms with Crippen LogP contribution in [0.1, 0.15) is 50.5 Å². The van der Waals surface area contributed by atoms with Crippen LogP contribution in [0.2, 0.25) is 0 Å². The fourth-order valence-electron chi connectivity index (χ4n) is 3.81. The fraction of sp³-hybridized carbons (Fsp3) is 0.273. The predicted octanol–water partition coefficient (Wildman–Crippen LogP) is 4.36. The zero-order chi connectivity index (χ0) is 22.3. The molecule has 1 aliphatic heterocycles. The van der Waals surface area contributed by atoms with Gasteiger partial charge in [-0.2, -0.15) is 31.8 Å². The Labute approximate surface area is 189 Å². The summed E-state index contributed by atoms with van der Waals surface area (Å²) in [6.45, 7) is 3.49. The molecule has 10 heteroatoms. The minimum atomic E-state index is -4.46. The highest BCUT2D eigenvalue weighted by Crippen LogP contribution is 2.35. The third-order valence-electron chi connectivity index (χ3n) is 5.34. The van der Waals surface area contributed by atoms with Crippen LogP contribution in [0, 0.1) is 6.92 Å². The minimum Gasteiger partial charge on any atom is -0.305 e. The molecule has 3 aromatic rings. The van der Waals surface area contributed by atoms with Crippen molar-refractivity contribution in [2.45, 2.75) is 32.5 Å². The molecule has 0 saturated heterocycles. The van der Waals surface area contributed by atoms with Crippen LogP contribution in [0.25, 0.3) is 0 Å². The van der Waals surface area contributed by atoms with E-state index >= 15 is 0 Å². The van der Waals surface area contributed by atoms with Crippen molar-refractivity contribution in [3.8, 4) is 0 Å². The van der Waals surface area contributed by atoms with Crippen molar-refractivity contribution in [1.29, 1.82) is 0 Å². The van der Waals surface area contributed by atoms with E-state index in [1.807, 2.05) is 6.92 Å². The van der Waals surface area contributed by atoms with Gasteiger partial charge < -0.3 is 4.90 Å². The lowest BCUT2D eigenvalue weighted by molar-refractivity contribution is -0.138.